The van der Waals surface area contributed by atoms with Gasteiger partial charge in [-0.25, -0.2) is 9.97 Å². The fourth-order valence-electron chi connectivity index (χ4n) is 1.95. The molecule has 1 aromatic carbocycles. The van der Waals surface area contributed by atoms with Gasteiger partial charge in [0.05, 0.1) is 12.1 Å². The number of halogens is 1. The van der Waals surface area contributed by atoms with E-state index in [9.17, 15) is 4.79 Å². The molecule has 7 nitrogen and oxygen atoms in total. The first kappa shape index (κ1) is 18.0. The van der Waals surface area contributed by atoms with Crippen molar-refractivity contribution in [2.75, 3.05) is 32.7 Å². The number of hydrogen-bond acceptors (Lipinski definition) is 6. The first-order valence-corrected chi connectivity index (χ1v) is 7.71. The molecule has 8 heteroatoms. The van der Waals surface area contributed by atoms with Gasteiger partial charge in [-0.15, -0.1) is 0 Å². The lowest BCUT2D eigenvalue weighted by Gasteiger charge is -2.09. The molecule has 2 N–H and O–H groups in total. The van der Waals surface area contributed by atoms with Crippen molar-refractivity contribution in [2.45, 2.75) is 6.42 Å². The zero-order valence-corrected chi connectivity index (χ0v) is 14.3. The molecule has 0 fully saturated rings. The highest BCUT2D eigenvalue weighted by atomic mass is 35.5. The molecule has 1 amide bonds. The summed E-state index contributed by atoms with van der Waals surface area (Å²) in [5.74, 6) is 0.818. The quantitative estimate of drug-likeness (QED) is 0.712. The van der Waals surface area contributed by atoms with Crippen LogP contribution in [0.4, 0.5) is 11.5 Å². The third-order valence-corrected chi connectivity index (χ3v) is 3.43. The Morgan fingerprint density at radius 1 is 1.25 bits per heavy atom. The summed E-state index contributed by atoms with van der Waals surface area (Å²) in [4.78, 5) is 20.1. The van der Waals surface area contributed by atoms with Crippen molar-refractivity contribution < 1.29 is 14.3 Å². The second-order valence-corrected chi connectivity index (χ2v) is 5.27. The van der Waals surface area contributed by atoms with E-state index in [0.29, 0.717) is 29.7 Å². The minimum absolute atomic E-state index is 0.260. The van der Waals surface area contributed by atoms with Crippen LogP contribution in [0.3, 0.4) is 0 Å². The van der Waals surface area contributed by atoms with E-state index in [2.05, 4.69) is 20.6 Å². The molecule has 0 aliphatic heterocycles. The van der Waals surface area contributed by atoms with Gasteiger partial charge >= 0.3 is 0 Å². The number of nitrogens with one attached hydrogen (secondary N) is 2. The van der Waals surface area contributed by atoms with E-state index < -0.39 is 0 Å². The van der Waals surface area contributed by atoms with Crippen molar-refractivity contribution >= 4 is 29.0 Å². The van der Waals surface area contributed by atoms with Crippen LogP contribution < -0.4 is 15.4 Å². The fourth-order valence-corrected chi connectivity index (χ4v) is 2.21. The van der Waals surface area contributed by atoms with Gasteiger partial charge in [-0.3, -0.25) is 4.79 Å². The van der Waals surface area contributed by atoms with Gasteiger partial charge in [-0.1, -0.05) is 11.6 Å². The second-order valence-electron chi connectivity index (χ2n) is 4.87. The van der Waals surface area contributed by atoms with Crippen LogP contribution in [-0.2, 0) is 4.74 Å². The number of carbonyl (C=O) groups excluding carboxylic acids is 1. The molecule has 1 heterocycles. The Labute approximate surface area is 145 Å². The van der Waals surface area contributed by atoms with Crippen LogP contribution in [0.15, 0.2) is 30.6 Å². The Morgan fingerprint density at radius 3 is 2.79 bits per heavy atom. The fraction of sp³-hybridized carbons (Fsp3) is 0.312. The second kappa shape index (κ2) is 9.05. The van der Waals surface area contributed by atoms with Gasteiger partial charge in [0.2, 0.25) is 0 Å². The first-order valence-electron chi connectivity index (χ1n) is 7.33. The number of methoxy groups -OCH3 is 2. The zero-order valence-electron chi connectivity index (χ0n) is 13.5. The van der Waals surface area contributed by atoms with Crippen LogP contribution >= 0.6 is 11.6 Å². The van der Waals surface area contributed by atoms with E-state index in [1.165, 1.54) is 6.33 Å². The van der Waals surface area contributed by atoms with E-state index in [1.807, 2.05) is 0 Å². The lowest BCUT2D eigenvalue weighted by molar-refractivity contribution is 0.0943. The van der Waals surface area contributed by atoms with Gasteiger partial charge in [0, 0.05) is 32.0 Å². The summed E-state index contributed by atoms with van der Waals surface area (Å²) in [5.41, 5.74) is 1.01. The molecule has 0 unspecified atom stereocenters. The molecule has 24 heavy (non-hydrogen) atoms. The molecule has 1 aromatic heterocycles. The highest BCUT2D eigenvalue weighted by molar-refractivity contribution is 6.32. The number of nitrogens with zero attached hydrogens (tertiary/aromatic N) is 2. The molecular weight excluding hydrogens is 332 g/mol. The van der Waals surface area contributed by atoms with Gasteiger partial charge in [0.25, 0.3) is 5.91 Å². The lowest BCUT2D eigenvalue weighted by Crippen LogP contribution is -2.26. The molecule has 0 spiro atoms. The van der Waals surface area contributed by atoms with Gasteiger partial charge < -0.3 is 20.1 Å². The number of ether oxygens (including phenoxy) is 2. The Bertz CT molecular complexity index is 697. The number of amides is 1. The smallest absolute Gasteiger partial charge is 0.270 e. The van der Waals surface area contributed by atoms with E-state index >= 15 is 0 Å². The molecule has 2 rings (SSSR count). The largest absolute Gasteiger partial charge is 0.495 e. The molecule has 0 saturated carbocycles. The molecule has 0 aliphatic rings. The van der Waals surface area contributed by atoms with E-state index in [1.54, 1.807) is 38.5 Å². The van der Waals surface area contributed by atoms with Gasteiger partial charge in [0.1, 0.15) is 23.6 Å². The monoisotopic (exact) mass is 350 g/mol. The number of aromatic nitrogens is 2. The maximum atomic E-state index is 12.0. The van der Waals surface area contributed by atoms with Gasteiger partial charge in [-0.2, -0.15) is 0 Å². The summed E-state index contributed by atoms with van der Waals surface area (Å²) in [6.07, 6.45) is 2.07. The van der Waals surface area contributed by atoms with E-state index in [-0.39, 0.29) is 11.6 Å². The average Bonchev–Trinajstić information content (AvgIpc) is 2.59. The summed E-state index contributed by atoms with van der Waals surface area (Å²) in [7, 11) is 3.17. The molecule has 0 saturated heterocycles. The molecular formula is C16H19ClN4O3. The molecule has 0 radical (unpaired) electrons. The van der Waals surface area contributed by atoms with Crippen molar-refractivity contribution in [1.29, 1.82) is 0 Å². The minimum atomic E-state index is -0.260. The molecule has 0 atom stereocenters. The van der Waals surface area contributed by atoms with E-state index in [4.69, 9.17) is 21.1 Å². The van der Waals surface area contributed by atoms with Gasteiger partial charge in [-0.05, 0) is 24.6 Å². The summed E-state index contributed by atoms with van der Waals surface area (Å²) in [6.45, 7) is 1.11. The number of benzene rings is 1. The van der Waals surface area contributed by atoms with Crippen LogP contribution in [0, 0.1) is 0 Å². The molecule has 128 valence electrons. The van der Waals surface area contributed by atoms with Crippen LogP contribution in [0.2, 0.25) is 5.02 Å². The third kappa shape index (κ3) is 5.07. The normalized spacial score (nSPS) is 10.3. The van der Waals surface area contributed by atoms with Gasteiger partial charge in [0.15, 0.2) is 0 Å². The van der Waals surface area contributed by atoms with Crippen molar-refractivity contribution in [3.05, 3.63) is 41.3 Å². The highest BCUT2D eigenvalue weighted by Crippen LogP contribution is 2.28. The number of rotatable bonds is 8. The summed E-state index contributed by atoms with van der Waals surface area (Å²) in [5, 5.41) is 6.33. The molecule has 2 aromatic rings. The van der Waals surface area contributed by atoms with Crippen LogP contribution in [-0.4, -0.2) is 43.2 Å². The standard InChI is InChI=1S/C16H19ClN4O3/c1-23-7-3-6-18-16(22)13-9-15(20-10-19-13)21-11-4-5-14(24-2)12(17)8-11/h4-5,8-10H,3,6-7H2,1-2H3,(H,18,22)(H,19,20,21). The zero-order chi connectivity index (χ0) is 17.4. The topological polar surface area (TPSA) is 85.4 Å². The average molecular weight is 351 g/mol. The SMILES string of the molecule is COCCCNC(=O)c1cc(Nc2ccc(OC)c(Cl)c2)ncn1. The maximum absolute atomic E-state index is 12.0. The predicted octanol–water partition coefficient (Wildman–Crippen LogP) is 2.65. The van der Waals surface area contributed by atoms with Crippen LogP contribution in [0.1, 0.15) is 16.9 Å². The predicted molar refractivity (Wildman–Crippen MR) is 92.1 cm³/mol. The molecule has 0 aliphatic carbocycles. The lowest BCUT2D eigenvalue weighted by atomic mass is 10.3. The first-order chi connectivity index (χ1) is 11.6. The van der Waals surface area contributed by atoms with E-state index in [0.717, 1.165) is 12.1 Å². The minimum Gasteiger partial charge on any atom is -0.495 e. The molecule has 0 bridgehead atoms. The van der Waals surface area contributed by atoms with Crippen LogP contribution in [0.5, 0.6) is 5.75 Å². The Kier molecular flexibility index (Phi) is 6.77. The number of hydrogen-bond donors (Lipinski definition) is 2. The maximum Gasteiger partial charge on any atom is 0.270 e. The Hall–Kier alpha value is -2.38. The summed E-state index contributed by atoms with van der Waals surface area (Å²) >= 11 is 6.09. The van der Waals surface area contributed by atoms with Crippen molar-refractivity contribution in [3.63, 3.8) is 0 Å². The highest BCUT2D eigenvalue weighted by Gasteiger charge is 2.09. The Morgan fingerprint density at radius 2 is 2.08 bits per heavy atom. The summed E-state index contributed by atoms with van der Waals surface area (Å²) in [6, 6.07) is 6.84. The number of anilines is 2. The third-order valence-electron chi connectivity index (χ3n) is 3.13. The van der Waals surface area contributed by atoms with Crippen molar-refractivity contribution in [3.8, 4) is 5.75 Å². The van der Waals surface area contributed by atoms with Crippen molar-refractivity contribution in [2.24, 2.45) is 0 Å². The number of carbonyl (C=O) groups is 1. The van der Waals surface area contributed by atoms with Crippen LogP contribution in [0.25, 0.3) is 0 Å². The van der Waals surface area contributed by atoms with Crippen molar-refractivity contribution in [1.82, 2.24) is 15.3 Å². The summed E-state index contributed by atoms with van der Waals surface area (Å²) < 4.78 is 10.0. The Balaban J connectivity index is 2.02.